The van der Waals surface area contributed by atoms with Crippen LogP contribution in [-0.4, -0.2) is 22.5 Å². The van der Waals surface area contributed by atoms with Crippen LogP contribution in [0.3, 0.4) is 0 Å². The number of nitrogens with one attached hydrogen (secondary N) is 1. The van der Waals surface area contributed by atoms with E-state index in [2.05, 4.69) is 9.72 Å². The summed E-state index contributed by atoms with van der Waals surface area (Å²) < 4.78 is 6.43. The van der Waals surface area contributed by atoms with E-state index in [1.165, 1.54) is 7.11 Å². The molecule has 3 rings (SSSR count). The topological polar surface area (TPSA) is 63.6 Å². The number of carbonyl (C=O) groups is 1. The van der Waals surface area contributed by atoms with Gasteiger partial charge in [0.15, 0.2) is 0 Å². The molecule has 2 heterocycles. The van der Waals surface area contributed by atoms with Gasteiger partial charge < -0.3 is 14.1 Å². The first-order valence-electron chi connectivity index (χ1n) is 5.42. The Labute approximate surface area is 102 Å². The van der Waals surface area contributed by atoms with Crippen LogP contribution in [0.5, 0.6) is 0 Å². The van der Waals surface area contributed by atoms with Gasteiger partial charge in [0, 0.05) is 6.20 Å². The van der Waals surface area contributed by atoms with E-state index in [1.807, 2.05) is 12.1 Å². The van der Waals surface area contributed by atoms with E-state index in [1.54, 1.807) is 28.8 Å². The van der Waals surface area contributed by atoms with Gasteiger partial charge in [-0.3, -0.25) is 4.79 Å². The Morgan fingerprint density at radius 3 is 2.89 bits per heavy atom. The second kappa shape index (κ2) is 3.73. The van der Waals surface area contributed by atoms with Crippen molar-refractivity contribution >= 4 is 22.5 Å². The molecule has 1 aromatic carbocycles. The fourth-order valence-corrected chi connectivity index (χ4v) is 2.05. The molecule has 18 heavy (non-hydrogen) atoms. The van der Waals surface area contributed by atoms with Crippen LogP contribution in [0.2, 0.25) is 0 Å². The Morgan fingerprint density at radius 1 is 1.33 bits per heavy atom. The molecular formula is C13H10N2O3. The van der Waals surface area contributed by atoms with Crippen molar-refractivity contribution in [2.45, 2.75) is 0 Å². The van der Waals surface area contributed by atoms with Crippen molar-refractivity contribution in [3.8, 4) is 0 Å². The standard InChI is InChI=1S/C13H10N2O3/c1-18-13(17)8-6-11-14-12(16)9-4-2-3-5-10(9)15(11)7-8/h2-7H,1H3,(H,14,16). The van der Waals surface area contributed by atoms with Gasteiger partial charge in [0.05, 0.1) is 23.6 Å². The number of esters is 1. The van der Waals surface area contributed by atoms with Crippen LogP contribution >= 0.6 is 0 Å². The molecule has 0 saturated carbocycles. The average Bonchev–Trinajstić information content (AvgIpc) is 2.82. The second-order valence-corrected chi connectivity index (χ2v) is 3.95. The first-order valence-corrected chi connectivity index (χ1v) is 5.42. The number of methoxy groups -OCH3 is 1. The summed E-state index contributed by atoms with van der Waals surface area (Å²) in [6.07, 6.45) is 1.65. The van der Waals surface area contributed by atoms with Crippen LogP contribution in [0.25, 0.3) is 16.6 Å². The number of benzene rings is 1. The lowest BCUT2D eigenvalue weighted by Gasteiger charge is -2.00. The Balaban J connectivity index is 2.44. The molecule has 0 fully saturated rings. The summed E-state index contributed by atoms with van der Waals surface area (Å²) in [4.78, 5) is 26.1. The van der Waals surface area contributed by atoms with Gasteiger partial charge in [-0.25, -0.2) is 4.79 Å². The van der Waals surface area contributed by atoms with Crippen molar-refractivity contribution in [3.05, 3.63) is 52.4 Å². The van der Waals surface area contributed by atoms with Crippen molar-refractivity contribution in [1.29, 1.82) is 0 Å². The molecule has 0 amide bonds. The number of fused-ring (bicyclic) bond motifs is 3. The van der Waals surface area contributed by atoms with Crippen LogP contribution in [0, 0.1) is 0 Å². The van der Waals surface area contributed by atoms with Crippen molar-refractivity contribution in [2.75, 3.05) is 7.11 Å². The lowest BCUT2D eigenvalue weighted by Crippen LogP contribution is -2.08. The predicted octanol–water partition coefficient (Wildman–Crippen LogP) is 1.57. The summed E-state index contributed by atoms with van der Waals surface area (Å²) in [5.74, 6) is -0.427. The Bertz CT molecular complexity index is 814. The van der Waals surface area contributed by atoms with Gasteiger partial charge in [0.25, 0.3) is 5.56 Å². The van der Waals surface area contributed by atoms with Crippen molar-refractivity contribution < 1.29 is 9.53 Å². The molecular weight excluding hydrogens is 232 g/mol. The van der Waals surface area contributed by atoms with Crippen molar-refractivity contribution in [3.63, 3.8) is 0 Å². The Morgan fingerprint density at radius 2 is 2.11 bits per heavy atom. The number of nitrogens with zero attached hydrogens (tertiary/aromatic N) is 1. The van der Waals surface area contributed by atoms with Gasteiger partial charge in [0.2, 0.25) is 0 Å². The summed E-state index contributed by atoms with van der Waals surface area (Å²) in [7, 11) is 1.32. The van der Waals surface area contributed by atoms with Gasteiger partial charge in [-0.05, 0) is 18.2 Å². The molecule has 0 atom stereocenters. The molecule has 0 bridgehead atoms. The Hall–Kier alpha value is -2.56. The summed E-state index contributed by atoms with van der Waals surface area (Å²) in [6, 6.07) is 8.82. The molecule has 0 aliphatic carbocycles. The molecule has 0 aliphatic rings. The van der Waals surface area contributed by atoms with E-state index < -0.39 is 5.97 Å². The fraction of sp³-hybridized carbons (Fsp3) is 0.0769. The van der Waals surface area contributed by atoms with E-state index in [4.69, 9.17) is 0 Å². The molecule has 0 radical (unpaired) electrons. The fourth-order valence-electron chi connectivity index (χ4n) is 2.05. The number of hydrogen-bond donors (Lipinski definition) is 1. The van der Waals surface area contributed by atoms with Gasteiger partial charge in [-0.2, -0.15) is 0 Å². The summed E-state index contributed by atoms with van der Waals surface area (Å²) in [5, 5.41) is 0.581. The first-order chi connectivity index (χ1) is 8.70. The lowest BCUT2D eigenvalue weighted by atomic mass is 10.2. The van der Waals surface area contributed by atoms with E-state index in [0.717, 1.165) is 5.52 Å². The molecule has 0 saturated heterocycles. The van der Waals surface area contributed by atoms with E-state index in [-0.39, 0.29) is 5.56 Å². The normalized spacial score (nSPS) is 10.9. The van der Waals surface area contributed by atoms with Gasteiger partial charge in [0.1, 0.15) is 5.65 Å². The van der Waals surface area contributed by atoms with E-state index in [0.29, 0.717) is 16.6 Å². The molecule has 3 aromatic rings. The third kappa shape index (κ3) is 1.41. The summed E-state index contributed by atoms with van der Waals surface area (Å²) >= 11 is 0. The Kier molecular flexibility index (Phi) is 2.19. The minimum atomic E-state index is -0.427. The number of ether oxygens (including phenoxy) is 1. The zero-order valence-electron chi connectivity index (χ0n) is 9.64. The molecule has 0 spiro atoms. The maximum absolute atomic E-state index is 11.9. The van der Waals surface area contributed by atoms with Gasteiger partial charge in [-0.1, -0.05) is 12.1 Å². The molecule has 0 unspecified atom stereocenters. The smallest absolute Gasteiger partial charge is 0.339 e. The van der Waals surface area contributed by atoms with E-state index >= 15 is 0 Å². The number of carbonyl (C=O) groups excluding carboxylic acids is 1. The number of para-hydroxylation sites is 1. The molecule has 2 aromatic heterocycles. The van der Waals surface area contributed by atoms with Gasteiger partial charge >= 0.3 is 5.97 Å². The minimum Gasteiger partial charge on any atom is -0.465 e. The van der Waals surface area contributed by atoms with Crippen LogP contribution < -0.4 is 5.56 Å². The predicted molar refractivity (Wildman–Crippen MR) is 66.9 cm³/mol. The monoisotopic (exact) mass is 242 g/mol. The van der Waals surface area contributed by atoms with Crippen LogP contribution in [0.4, 0.5) is 0 Å². The highest BCUT2D eigenvalue weighted by atomic mass is 16.5. The number of rotatable bonds is 1. The molecule has 90 valence electrons. The van der Waals surface area contributed by atoms with Crippen molar-refractivity contribution in [2.24, 2.45) is 0 Å². The highest BCUT2D eigenvalue weighted by molar-refractivity contribution is 5.92. The number of hydrogen-bond acceptors (Lipinski definition) is 3. The average molecular weight is 242 g/mol. The second-order valence-electron chi connectivity index (χ2n) is 3.95. The van der Waals surface area contributed by atoms with E-state index in [9.17, 15) is 9.59 Å². The highest BCUT2D eigenvalue weighted by Gasteiger charge is 2.11. The lowest BCUT2D eigenvalue weighted by molar-refractivity contribution is 0.0601. The quantitative estimate of drug-likeness (QED) is 0.659. The highest BCUT2D eigenvalue weighted by Crippen LogP contribution is 2.15. The third-order valence-electron chi connectivity index (χ3n) is 2.89. The zero-order valence-corrected chi connectivity index (χ0v) is 9.64. The maximum Gasteiger partial charge on any atom is 0.339 e. The third-order valence-corrected chi connectivity index (χ3v) is 2.89. The molecule has 0 aliphatic heterocycles. The van der Waals surface area contributed by atoms with Crippen LogP contribution in [0.15, 0.2) is 41.3 Å². The van der Waals surface area contributed by atoms with Crippen LogP contribution in [-0.2, 0) is 4.74 Å². The minimum absolute atomic E-state index is 0.174. The molecule has 5 nitrogen and oxygen atoms in total. The first kappa shape index (κ1) is 10.6. The van der Waals surface area contributed by atoms with Crippen molar-refractivity contribution in [1.82, 2.24) is 9.38 Å². The number of H-pyrrole nitrogens is 1. The number of aromatic nitrogens is 2. The summed E-state index contributed by atoms with van der Waals surface area (Å²) in [6.45, 7) is 0. The maximum atomic E-state index is 11.9. The summed E-state index contributed by atoms with van der Waals surface area (Å²) in [5.41, 5.74) is 1.56. The molecule has 1 N–H and O–H groups in total. The SMILES string of the molecule is COC(=O)c1cc2[nH]c(=O)c3ccccc3n2c1. The van der Waals surface area contributed by atoms with Gasteiger partial charge in [-0.15, -0.1) is 0 Å². The molecule has 5 heteroatoms. The van der Waals surface area contributed by atoms with Crippen LogP contribution in [0.1, 0.15) is 10.4 Å². The largest absolute Gasteiger partial charge is 0.465 e. The zero-order chi connectivity index (χ0) is 12.7. The number of aromatic amines is 1.